The summed E-state index contributed by atoms with van der Waals surface area (Å²) in [6.45, 7) is 3.01. The number of piperazine rings is 1. The zero-order valence-corrected chi connectivity index (χ0v) is 14.6. The molecule has 26 heavy (non-hydrogen) atoms. The lowest BCUT2D eigenvalue weighted by atomic mass is 10.1. The van der Waals surface area contributed by atoms with Gasteiger partial charge in [0.15, 0.2) is 5.76 Å². The summed E-state index contributed by atoms with van der Waals surface area (Å²) >= 11 is 0. The van der Waals surface area contributed by atoms with Gasteiger partial charge in [0, 0.05) is 0 Å². The molecule has 2 heterocycles. The third kappa shape index (κ3) is 4.31. The topological polar surface area (TPSA) is 88.4 Å². The summed E-state index contributed by atoms with van der Waals surface area (Å²) in [5, 5.41) is 4.85. The summed E-state index contributed by atoms with van der Waals surface area (Å²) < 4.78 is 10.3. The lowest BCUT2D eigenvalue weighted by Gasteiger charge is -2.26. The number of nitrogens with one attached hydrogen (secondary N) is 1. The quantitative estimate of drug-likeness (QED) is 0.762. The molecule has 7 nitrogen and oxygen atoms in total. The number of furan rings is 1. The molecule has 0 bridgehead atoms. The van der Waals surface area contributed by atoms with Gasteiger partial charge in [0.25, 0.3) is 11.8 Å². The summed E-state index contributed by atoms with van der Waals surface area (Å²) in [4.78, 5) is 27.0. The number of ether oxygens (including phenoxy) is 1. The van der Waals surface area contributed by atoms with Gasteiger partial charge in [0.05, 0.1) is 39.6 Å². The fraction of sp³-hybridized carbons (Fsp3) is 0.263. The second-order valence-electron chi connectivity index (χ2n) is 5.92. The van der Waals surface area contributed by atoms with Crippen molar-refractivity contribution in [2.24, 2.45) is 0 Å². The van der Waals surface area contributed by atoms with E-state index in [2.05, 4.69) is 10.6 Å². The number of nitrogens with two attached hydrogens (primary N) is 1. The first-order valence-corrected chi connectivity index (χ1v) is 8.49. The summed E-state index contributed by atoms with van der Waals surface area (Å²) in [6, 6.07) is 10.4. The van der Waals surface area contributed by atoms with Crippen LogP contribution >= 0.6 is 0 Å². The molecule has 0 aliphatic carbocycles. The van der Waals surface area contributed by atoms with E-state index < -0.39 is 5.91 Å². The molecule has 1 aromatic heterocycles. The molecule has 3 rings (SSSR count). The van der Waals surface area contributed by atoms with Gasteiger partial charge in [0.1, 0.15) is 11.4 Å². The second-order valence-corrected chi connectivity index (χ2v) is 5.92. The highest BCUT2D eigenvalue weighted by Gasteiger charge is 2.24. The number of amides is 2. The third-order valence-corrected chi connectivity index (χ3v) is 4.14. The SMILES string of the molecule is COc1ccc(/C=C(\NC(=O)c2ccco2)C(=O)N2CC[NH2+]CC2)cc1. The summed E-state index contributed by atoms with van der Waals surface area (Å²) in [5.74, 6) is 0.229. The van der Waals surface area contributed by atoms with Crippen LogP contribution in [0.1, 0.15) is 16.1 Å². The van der Waals surface area contributed by atoms with E-state index in [1.54, 1.807) is 42.4 Å². The molecular weight excluding hydrogens is 334 g/mol. The molecule has 136 valence electrons. The highest BCUT2D eigenvalue weighted by molar-refractivity contribution is 6.04. The molecule has 1 aliphatic heterocycles. The van der Waals surface area contributed by atoms with Crippen molar-refractivity contribution < 1.29 is 24.1 Å². The lowest BCUT2D eigenvalue weighted by Crippen LogP contribution is -2.90. The molecule has 2 amide bonds. The summed E-state index contributed by atoms with van der Waals surface area (Å²) in [7, 11) is 1.59. The van der Waals surface area contributed by atoms with Crippen molar-refractivity contribution in [3.05, 3.63) is 59.7 Å². The van der Waals surface area contributed by atoms with Gasteiger partial charge >= 0.3 is 0 Å². The highest BCUT2D eigenvalue weighted by Crippen LogP contribution is 2.15. The van der Waals surface area contributed by atoms with E-state index >= 15 is 0 Å². The Morgan fingerprint density at radius 3 is 2.54 bits per heavy atom. The maximum Gasteiger partial charge on any atom is 0.291 e. The largest absolute Gasteiger partial charge is 0.497 e. The van der Waals surface area contributed by atoms with Crippen LogP contribution in [0.4, 0.5) is 0 Å². The number of nitrogens with zero attached hydrogens (tertiary/aromatic N) is 1. The Balaban J connectivity index is 1.85. The van der Waals surface area contributed by atoms with Gasteiger partial charge in [-0.3, -0.25) is 9.59 Å². The van der Waals surface area contributed by atoms with Crippen LogP contribution in [0, 0.1) is 0 Å². The molecule has 0 saturated carbocycles. The molecule has 0 atom stereocenters. The molecule has 0 unspecified atom stereocenters. The van der Waals surface area contributed by atoms with Gasteiger partial charge in [-0.1, -0.05) is 12.1 Å². The fourth-order valence-electron chi connectivity index (χ4n) is 2.73. The maximum atomic E-state index is 12.9. The van der Waals surface area contributed by atoms with Crippen LogP contribution in [-0.2, 0) is 4.79 Å². The summed E-state index contributed by atoms with van der Waals surface area (Å²) in [5.41, 5.74) is 1.01. The van der Waals surface area contributed by atoms with Crippen molar-refractivity contribution in [3.63, 3.8) is 0 Å². The van der Waals surface area contributed by atoms with E-state index in [1.807, 2.05) is 12.1 Å². The lowest BCUT2D eigenvalue weighted by molar-refractivity contribution is -0.662. The van der Waals surface area contributed by atoms with Crippen LogP contribution < -0.4 is 15.4 Å². The molecule has 1 saturated heterocycles. The molecule has 1 aromatic carbocycles. The molecule has 3 N–H and O–H groups in total. The number of benzene rings is 1. The predicted octanol–water partition coefficient (Wildman–Crippen LogP) is 0.465. The number of carbonyl (C=O) groups excluding carboxylic acids is 2. The summed E-state index contributed by atoms with van der Waals surface area (Å²) in [6.07, 6.45) is 3.09. The molecular formula is C19H22N3O4+. The molecule has 2 aromatic rings. The molecule has 1 fully saturated rings. The van der Waals surface area contributed by atoms with Gasteiger partial charge in [-0.15, -0.1) is 0 Å². The molecule has 7 heteroatoms. The number of hydrogen-bond donors (Lipinski definition) is 2. The van der Waals surface area contributed by atoms with Crippen LogP contribution in [-0.4, -0.2) is 50.0 Å². The number of hydrogen-bond acceptors (Lipinski definition) is 4. The van der Waals surface area contributed by atoms with Crippen LogP contribution in [0.2, 0.25) is 0 Å². The van der Waals surface area contributed by atoms with Crippen LogP contribution in [0.3, 0.4) is 0 Å². The van der Waals surface area contributed by atoms with E-state index in [0.717, 1.165) is 24.4 Å². The van der Waals surface area contributed by atoms with Crippen molar-refractivity contribution in [2.45, 2.75) is 0 Å². The van der Waals surface area contributed by atoms with Crippen molar-refractivity contribution >= 4 is 17.9 Å². The Labute approximate surface area is 151 Å². The predicted molar refractivity (Wildman–Crippen MR) is 95.4 cm³/mol. The Hall–Kier alpha value is -3.06. The fourth-order valence-corrected chi connectivity index (χ4v) is 2.73. The van der Waals surface area contributed by atoms with Crippen molar-refractivity contribution in [3.8, 4) is 5.75 Å². The van der Waals surface area contributed by atoms with Gasteiger partial charge in [-0.2, -0.15) is 0 Å². The average Bonchev–Trinajstić information content (AvgIpc) is 3.23. The zero-order valence-electron chi connectivity index (χ0n) is 14.6. The molecule has 1 aliphatic rings. The van der Waals surface area contributed by atoms with Gasteiger partial charge in [-0.05, 0) is 35.9 Å². The standard InChI is InChI=1S/C19H21N3O4/c1-25-15-6-4-14(5-7-15)13-16(19(24)22-10-8-20-9-11-22)21-18(23)17-3-2-12-26-17/h2-7,12-13,20H,8-11H2,1H3,(H,21,23)/p+1/b16-13-. The minimum atomic E-state index is -0.452. The second kappa shape index (κ2) is 8.35. The third-order valence-electron chi connectivity index (χ3n) is 4.14. The Bertz CT molecular complexity index is 776. The van der Waals surface area contributed by atoms with Crippen LogP contribution in [0.25, 0.3) is 6.08 Å². The first kappa shape index (κ1) is 17.8. The van der Waals surface area contributed by atoms with Crippen molar-refractivity contribution in [1.29, 1.82) is 0 Å². The normalized spacial score (nSPS) is 14.8. The number of methoxy groups -OCH3 is 1. The monoisotopic (exact) mass is 356 g/mol. The Morgan fingerprint density at radius 1 is 1.19 bits per heavy atom. The number of quaternary nitrogens is 1. The molecule has 0 radical (unpaired) electrons. The highest BCUT2D eigenvalue weighted by atomic mass is 16.5. The minimum absolute atomic E-state index is 0.158. The number of carbonyl (C=O) groups is 2. The van der Waals surface area contributed by atoms with Crippen molar-refractivity contribution in [2.75, 3.05) is 33.3 Å². The van der Waals surface area contributed by atoms with Crippen LogP contribution in [0.15, 0.2) is 52.8 Å². The van der Waals surface area contributed by atoms with E-state index in [-0.39, 0.29) is 17.4 Å². The van der Waals surface area contributed by atoms with E-state index in [0.29, 0.717) is 13.1 Å². The zero-order chi connectivity index (χ0) is 18.4. The maximum absolute atomic E-state index is 12.9. The Kier molecular flexibility index (Phi) is 5.70. The van der Waals surface area contributed by atoms with Gasteiger partial charge < -0.3 is 24.7 Å². The molecule has 0 spiro atoms. The van der Waals surface area contributed by atoms with E-state index in [1.165, 1.54) is 6.26 Å². The minimum Gasteiger partial charge on any atom is -0.497 e. The van der Waals surface area contributed by atoms with Crippen molar-refractivity contribution in [1.82, 2.24) is 10.2 Å². The van der Waals surface area contributed by atoms with E-state index in [4.69, 9.17) is 9.15 Å². The average molecular weight is 356 g/mol. The first-order valence-electron chi connectivity index (χ1n) is 8.49. The Morgan fingerprint density at radius 2 is 1.92 bits per heavy atom. The number of rotatable bonds is 5. The van der Waals surface area contributed by atoms with Gasteiger partial charge in [0.2, 0.25) is 0 Å². The van der Waals surface area contributed by atoms with Crippen LogP contribution in [0.5, 0.6) is 5.75 Å². The van der Waals surface area contributed by atoms with Gasteiger partial charge in [-0.25, -0.2) is 0 Å². The van der Waals surface area contributed by atoms with E-state index in [9.17, 15) is 9.59 Å². The first-order chi connectivity index (χ1) is 12.7. The smallest absolute Gasteiger partial charge is 0.291 e.